The van der Waals surface area contributed by atoms with Crippen molar-refractivity contribution in [2.24, 2.45) is 5.92 Å². The minimum absolute atomic E-state index is 0.0276. The van der Waals surface area contributed by atoms with Crippen molar-refractivity contribution in [2.45, 2.75) is 18.6 Å². The first-order valence-corrected chi connectivity index (χ1v) is 9.44. The topological polar surface area (TPSA) is 70.0 Å². The lowest BCUT2D eigenvalue weighted by Crippen LogP contribution is -2.31. The average molecular weight is 310 g/mol. The molecule has 4 nitrogen and oxygen atoms in total. The Kier molecular flexibility index (Phi) is 5.46. The first-order chi connectivity index (χ1) is 9.59. The summed E-state index contributed by atoms with van der Waals surface area (Å²) in [6, 6.07) is 8.68. The Labute approximate surface area is 124 Å². The fraction of sp³-hybridized carbons (Fsp3) is 0.500. The highest BCUT2D eigenvalue weighted by atomic mass is 32.2. The van der Waals surface area contributed by atoms with Gasteiger partial charge >= 0.3 is 0 Å². The average Bonchev–Trinajstić information content (AvgIpc) is 2.47. The number of nitrogens with one attached hydrogen (secondary N) is 1. The van der Waals surface area contributed by atoms with Crippen molar-refractivity contribution in [3.63, 3.8) is 0 Å². The number of thioether (sulfide) groups is 1. The van der Waals surface area contributed by atoms with Gasteiger partial charge < -0.3 is 0 Å². The normalized spacial score (nSPS) is 16.8. The number of benzene rings is 1. The summed E-state index contributed by atoms with van der Waals surface area (Å²) in [5, 5.41) is 8.71. The molecule has 0 bridgehead atoms. The lowest BCUT2D eigenvalue weighted by atomic mass is 10.0. The van der Waals surface area contributed by atoms with Gasteiger partial charge in [0, 0.05) is 6.54 Å². The molecule has 1 heterocycles. The van der Waals surface area contributed by atoms with Crippen LogP contribution in [0.3, 0.4) is 0 Å². The molecule has 0 spiro atoms. The van der Waals surface area contributed by atoms with Gasteiger partial charge in [0.05, 0.1) is 17.4 Å². The van der Waals surface area contributed by atoms with Crippen molar-refractivity contribution in [2.75, 3.05) is 18.1 Å². The van der Waals surface area contributed by atoms with Crippen LogP contribution >= 0.6 is 11.8 Å². The van der Waals surface area contributed by atoms with Gasteiger partial charge in [0.25, 0.3) is 0 Å². The Hall–Kier alpha value is -1.03. The Morgan fingerprint density at radius 1 is 1.25 bits per heavy atom. The van der Waals surface area contributed by atoms with E-state index in [2.05, 4.69) is 4.72 Å². The Balaban J connectivity index is 1.87. The van der Waals surface area contributed by atoms with Crippen LogP contribution < -0.4 is 4.72 Å². The number of hydrogen-bond acceptors (Lipinski definition) is 4. The summed E-state index contributed by atoms with van der Waals surface area (Å²) >= 11 is 1.93. The van der Waals surface area contributed by atoms with Crippen LogP contribution in [0.2, 0.25) is 0 Å². The van der Waals surface area contributed by atoms with E-state index in [9.17, 15) is 8.42 Å². The smallest absolute Gasteiger partial charge is 0.215 e. The third-order valence-electron chi connectivity index (χ3n) is 3.37. The molecule has 6 heteroatoms. The highest BCUT2D eigenvalue weighted by molar-refractivity contribution is 7.99. The second kappa shape index (κ2) is 7.11. The molecule has 0 atom stereocenters. The SMILES string of the molecule is N#Cc1ccc(CS(=O)(=O)NCC2CCSCC2)cc1. The molecule has 1 aliphatic heterocycles. The molecule has 1 aromatic rings. The monoisotopic (exact) mass is 310 g/mol. The predicted octanol–water partition coefficient (Wildman–Crippen LogP) is 2.12. The van der Waals surface area contributed by atoms with Crippen LogP contribution in [0.4, 0.5) is 0 Å². The van der Waals surface area contributed by atoms with E-state index in [-0.39, 0.29) is 5.75 Å². The van der Waals surface area contributed by atoms with Crippen molar-refractivity contribution in [1.82, 2.24) is 4.72 Å². The summed E-state index contributed by atoms with van der Waals surface area (Å²) < 4.78 is 26.7. The van der Waals surface area contributed by atoms with E-state index in [0.29, 0.717) is 23.6 Å². The number of rotatable bonds is 5. The zero-order valence-corrected chi connectivity index (χ0v) is 12.8. The summed E-state index contributed by atoms with van der Waals surface area (Å²) in [5.74, 6) is 2.69. The van der Waals surface area contributed by atoms with Crippen LogP contribution in [0.1, 0.15) is 24.0 Å². The van der Waals surface area contributed by atoms with Gasteiger partial charge in [0.1, 0.15) is 0 Å². The molecule has 0 saturated carbocycles. The largest absolute Gasteiger partial charge is 0.215 e. The molecule has 2 rings (SSSR count). The first kappa shape index (κ1) is 15.4. The van der Waals surface area contributed by atoms with Crippen LogP contribution in [0.15, 0.2) is 24.3 Å². The van der Waals surface area contributed by atoms with E-state index in [1.54, 1.807) is 24.3 Å². The van der Waals surface area contributed by atoms with Gasteiger partial charge in [-0.1, -0.05) is 12.1 Å². The van der Waals surface area contributed by atoms with Crippen molar-refractivity contribution >= 4 is 21.8 Å². The number of sulfonamides is 1. The lowest BCUT2D eigenvalue weighted by molar-refractivity contribution is 0.476. The van der Waals surface area contributed by atoms with Crippen molar-refractivity contribution in [3.05, 3.63) is 35.4 Å². The second-order valence-corrected chi connectivity index (χ2v) is 8.00. The summed E-state index contributed by atoms with van der Waals surface area (Å²) in [6.07, 6.45) is 2.17. The zero-order chi connectivity index (χ0) is 14.4. The molecule has 0 amide bonds. The third-order valence-corrected chi connectivity index (χ3v) is 5.74. The van der Waals surface area contributed by atoms with E-state index >= 15 is 0 Å². The maximum atomic E-state index is 12.0. The first-order valence-electron chi connectivity index (χ1n) is 6.63. The van der Waals surface area contributed by atoms with Gasteiger partial charge in [-0.05, 0) is 48.0 Å². The molecule has 1 fully saturated rings. The summed E-state index contributed by atoms with van der Waals surface area (Å²) in [7, 11) is -3.29. The maximum Gasteiger partial charge on any atom is 0.215 e. The third kappa shape index (κ3) is 4.82. The zero-order valence-electron chi connectivity index (χ0n) is 11.2. The highest BCUT2D eigenvalue weighted by Gasteiger charge is 2.17. The molecule has 1 N–H and O–H groups in total. The van der Waals surface area contributed by atoms with Gasteiger partial charge in [0.2, 0.25) is 10.0 Å². The second-order valence-electron chi connectivity index (χ2n) is 4.97. The Bertz CT molecular complexity index is 570. The fourth-order valence-electron chi connectivity index (χ4n) is 2.14. The molecule has 1 aliphatic rings. The van der Waals surface area contributed by atoms with E-state index in [0.717, 1.165) is 24.3 Å². The molecular weight excluding hydrogens is 292 g/mol. The number of hydrogen-bond donors (Lipinski definition) is 1. The van der Waals surface area contributed by atoms with Crippen LogP contribution in [0, 0.1) is 17.2 Å². The summed E-state index contributed by atoms with van der Waals surface area (Å²) in [6.45, 7) is 0.541. The molecule has 0 aliphatic carbocycles. The molecule has 20 heavy (non-hydrogen) atoms. The molecule has 1 saturated heterocycles. The lowest BCUT2D eigenvalue weighted by Gasteiger charge is -2.21. The maximum absolute atomic E-state index is 12.0. The van der Waals surface area contributed by atoms with Gasteiger partial charge in [-0.2, -0.15) is 17.0 Å². The van der Waals surface area contributed by atoms with Gasteiger partial charge in [-0.15, -0.1) is 0 Å². The molecule has 0 unspecified atom stereocenters. The standard InChI is InChI=1S/C14H18N2O2S2/c15-9-12-1-3-14(4-2-12)11-20(17,18)16-10-13-5-7-19-8-6-13/h1-4,13,16H,5-8,10-11H2. The van der Waals surface area contributed by atoms with Crippen molar-refractivity contribution < 1.29 is 8.42 Å². The van der Waals surface area contributed by atoms with E-state index in [4.69, 9.17) is 5.26 Å². The van der Waals surface area contributed by atoms with Crippen LogP contribution in [0.5, 0.6) is 0 Å². The molecule has 0 radical (unpaired) electrons. The minimum atomic E-state index is -3.29. The summed E-state index contributed by atoms with van der Waals surface area (Å²) in [5.41, 5.74) is 1.24. The number of nitriles is 1. The molecule has 0 aromatic heterocycles. The van der Waals surface area contributed by atoms with Crippen LogP contribution in [0.25, 0.3) is 0 Å². The van der Waals surface area contributed by atoms with E-state index < -0.39 is 10.0 Å². The molecular formula is C14H18N2O2S2. The quantitative estimate of drug-likeness (QED) is 0.904. The van der Waals surface area contributed by atoms with Crippen molar-refractivity contribution in [1.29, 1.82) is 5.26 Å². The minimum Gasteiger partial charge on any atom is -0.215 e. The van der Waals surface area contributed by atoms with Gasteiger partial charge in [-0.25, -0.2) is 13.1 Å². The van der Waals surface area contributed by atoms with E-state index in [1.807, 2.05) is 17.8 Å². The van der Waals surface area contributed by atoms with Crippen molar-refractivity contribution in [3.8, 4) is 6.07 Å². The van der Waals surface area contributed by atoms with E-state index in [1.165, 1.54) is 0 Å². The van der Waals surface area contributed by atoms with Crippen LogP contribution in [-0.2, 0) is 15.8 Å². The highest BCUT2D eigenvalue weighted by Crippen LogP contribution is 2.22. The number of nitrogens with zero attached hydrogens (tertiary/aromatic N) is 1. The van der Waals surface area contributed by atoms with Gasteiger partial charge in [-0.3, -0.25) is 0 Å². The Morgan fingerprint density at radius 3 is 2.50 bits per heavy atom. The van der Waals surface area contributed by atoms with Gasteiger partial charge in [0.15, 0.2) is 0 Å². The molecule has 1 aromatic carbocycles. The fourth-order valence-corrected chi connectivity index (χ4v) is 4.57. The summed E-state index contributed by atoms with van der Waals surface area (Å²) in [4.78, 5) is 0. The predicted molar refractivity (Wildman–Crippen MR) is 81.8 cm³/mol. The Morgan fingerprint density at radius 2 is 1.90 bits per heavy atom. The molecule has 108 valence electrons. The van der Waals surface area contributed by atoms with Crippen LogP contribution in [-0.4, -0.2) is 26.5 Å².